The molecule has 0 atom stereocenters. The summed E-state index contributed by atoms with van der Waals surface area (Å²) in [6.45, 7) is 4.39. The molecule has 0 aliphatic carbocycles. The minimum Gasteiger partial charge on any atom is -0.378 e. The van der Waals surface area contributed by atoms with Crippen molar-refractivity contribution in [3.05, 3.63) is 48.3 Å². The van der Waals surface area contributed by atoms with E-state index in [1.54, 1.807) is 16.9 Å². The van der Waals surface area contributed by atoms with Gasteiger partial charge in [0.05, 0.1) is 25.5 Å². The van der Waals surface area contributed by atoms with Crippen molar-refractivity contribution >= 4 is 11.6 Å². The molecule has 1 amide bonds. The van der Waals surface area contributed by atoms with Gasteiger partial charge in [0, 0.05) is 37.1 Å². The smallest absolute Gasteiger partial charge is 0.269 e. The van der Waals surface area contributed by atoms with Crippen molar-refractivity contribution in [3.63, 3.8) is 0 Å². The predicted molar refractivity (Wildman–Crippen MR) is 104 cm³/mol. The number of benzene rings is 1. The number of carbonyl (C=O) groups excluding carboxylic acids is 1. The third kappa shape index (κ3) is 3.01. The van der Waals surface area contributed by atoms with E-state index in [0.29, 0.717) is 36.0 Å². The van der Waals surface area contributed by atoms with Gasteiger partial charge in [-0.1, -0.05) is 12.1 Å². The van der Waals surface area contributed by atoms with Crippen LogP contribution in [0.3, 0.4) is 0 Å². The topological polar surface area (TPSA) is 85.2 Å². The average Bonchev–Trinajstić information content (AvgIpc) is 3.20. The number of para-hydroxylation sites is 1. The molecule has 0 unspecified atom stereocenters. The summed E-state index contributed by atoms with van der Waals surface area (Å²) in [4.78, 5) is 23.6. The molecule has 142 valence electrons. The summed E-state index contributed by atoms with van der Waals surface area (Å²) in [5, 5.41) is 7.39. The number of amides is 1. The lowest BCUT2D eigenvalue weighted by Crippen LogP contribution is -2.36. The number of nitrogens with one attached hydrogen (secondary N) is 1. The van der Waals surface area contributed by atoms with Crippen molar-refractivity contribution in [3.8, 4) is 22.8 Å². The Kier molecular flexibility index (Phi) is 4.25. The highest BCUT2D eigenvalue weighted by Gasteiger charge is 2.21. The van der Waals surface area contributed by atoms with Gasteiger partial charge in [-0.2, -0.15) is 5.10 Å². The number of morpholine rings is 1. The average molecular weight is 376 g/mol. The number of carbonyl (C=O) groups is 1. The van der Waals surface area contributed by atoms with E-state index in [2.05, 4.69) is 26.4 Å². The minimum atomic E-state index is -0.100. The van der Waals surface area contributed by atoms with Crippen molar-refractivity contribution in [1.29, 1.82) is 0 Å². The molecule has 1 aromatic carbocycles. The third-order valence-corrected chi connectivity index (χ3v) is 5.04. The molecule has 0 spiro atoms. The van der Waals surface area contributed by atoms with Crippen LogP contribution in [0.4, 0.5) is 5.69 Å². The molecule has 2 aliphatic heterocycles. The van der Waals surface area contributed by atoms with E-state index in [9.17, 15) is 4.79 Å². The number of hydrogen-bond donors (Lipinski definition) is 1. The Bertz CT molecular complexity index is 1030. The fourth-order valence-electron chi connectivity index (χ4n) is 3.63. The Hall–Kier alpha value is -3.26. The van der Waals surface area contributed by atoms with Gasteiger partial charge in [0.1, 0.15) is 11.4 Å². The van der Waals surface area contributed by atoms with Crippen molar-refractivity contribution < 1.29 is 9.53 Å². The second kappa shape index (κ2) is 7.05. The Morgan fingerprint density at radius 1 is 1.04 bits per heavy atom. The molecule has 28 heavy (non-hydrogen) atoms. The van der Waals surface area contributed by atoms with Crippen LogP contribution in [0.1, 0.15) is 10.5 Å². The molecule has 2 aliphatic rings. The largest absolute Gasteiger partial charge is 0.378 e. The maximum Gasteiger partial charge on any atom is 0.269 e. The second-order valence-electron chi connectivity index (χ2n) is 6.78. The minimum absolute atomic E-state index is 0.100. The molecule has 0 bridgehead atoms. The van der Waals surface area contributed by atoms with Crippen LogP contribution in [0.2, 0.25) is 0 Å². The summed E-state index contributed by atoms with van der Waals surface area (Å²) in [5.41, 5.74) is 4.03. The molecule has 5 rings (SSSR count). The maximum absolute atomic E-state index is 12.0. The van der Waals surface area contributed by atoms with E-state index in [1.165, 1.54) is 0 Å². The standard InChI is InChI=1S/C20H20N6O2/c27-20-18-13-16(24-26(18)8-7-22-20)15-5-6-21-19(23-15)14-3-1-2-4-17(14)25-9-11-28-12-10-25/h1-6,13H,7-12H2,(H,22,27). The Morgan fingerprint density at radius 3 is 2.75 bits per heavy atom. The monoisotopic (exact) mass is 376 g/mol. The van der Waals surface area contributed by atoms with E-state index in [4.69, 9.17) is 9.72 Å². The molecule has 1 saturated heterocycles. The zero-order valence-corrected chi connectivity index (χ0v) is 15.3. The van der Waals surface area contributed by atoms with Gasteiger partial charge in [0.25, 0.3) is 5.91 Å². The van der Waals surface area contributed by atoms with Crippen LogP contribution in [0.5, 0.6) is 0 Å². The normalized spacial score (nSPS) is 16.6. The van der Waals surface area contributed by atoms with Crippen molar-refractivity contribution in [2.24, 2.45) is 0 Å². The quantitative estimate of drug-likeness (QED) is 0.747. The molecule has 8 heteroatoms. The van der Waals surface area contributed by atoms with Crippen LogP contribution < -0.4 is 10.2 Å². The lowest BCUT2D eigenvalue weighted by atomic mass is 10.1. The van der Waals surface area contributed by atoms with E-state index < -0.39 is 0 Å². The van der Waals surface area contributed by atoms with Crippen LogP contribution in [-0.2, 0) is 11.3 Å². The van der Waals surface area contributed by atoms with Crippen molar-refractivity contribution in [1.82, 2.24) is 25.1 Å². The second-order valence-corrected chi connectivity index (χ2v) is 6.78. The van der Waals surface area contributed by atoms with E-state index >= 15 is 0 Å². The first-order chi connectivity index (χ1) is 13.8. The highest BCUT2D eigenvalue weighted by molar-refractivity contribution is 5.94. The highest BCUT2D eigenvalue weighted by Crippen LogP contribution is 2.30. The molecule has 2 aromatic heterocycles. The summed E-state index contributed by atoms with van der Waals surface area (Å²) >= 11 is 0. The molecule has 8 nitrogen and oxygen atoms in total. The molecule has 0 radical (unpaired) electrons. The number of aromatic nitrogens is 4. The lowest BCUT2D eigenvalue weighted by molar-refractivity contribution is 0.0924. The van der Waals surface area contributed by atoms with Crippen LogP contribution >= 0.6 is 0 Å². The third-order valence-electron chi connectivity index (χ3n) is 5.04. The Morgan fingerprint density at radius 2 is 1.89 bits per heavy atom. The van der Waals surface area contributed by atoms with Crippen LogP contribution in [-0.4, -0.2) is 58.5 Å². The van der Waals surface area contributed by atoms with Gasteiger partial charge >= 0.3 is 0 Å². The lowest BCUT2D eigenvalue weighted by Gasteiger charge is -2.30. The number of fused-ring (bicyclic) bond motifs is 1. The van der Waals surface area contributed by atoms with E-state index in [-0.39, 0.29) is 5.91 Å². The number of hydrogen-bond acceptors (Lipinski definition) is 6. The first-order valence-corrected chi connectivity index (χ1v) is 9.41. The number of ether oxygens (including phenoxy) is 1. The van der Waals surface area contributed by atoms with Gasteiger partial charge in [-0.05, 0) is 24.3 Å². The van der Waals surface area contributed by atoms with Gasteiger partial charge in [-0.3, -0.25) is 9.48 Å². The first-order valence-electron chi connectivity index (χ1n) is 9.41. The Labute approximate surface area is 162 Å². The summed E-state index contributed by atoms with van der Waals surface area (Å²) in [7, 11) is 0. The number of anilines is 1. The molecule has 0 saturated carbocycles. The summed E-state index contributed by atoms with van der Waals surface area (Å²) < 4.78 is 7.21. The van der Waals surface area contributed by atoms with Crippen molar-refractivity contribution in [2.75, 3.05) is 37.7 Å². The molecular weight excluding hydrogens is 356 g/mol. The number of rotatable bonds is 3. The molecule has 1 fully saturated rings. The number of nitrogens with zero attached hydrogens (tertiary/aromatic N) is 5. The fourth-order valence-corrected chi connectivity index (χ4v) is 3.63. The van der Waals surface area contributed by atoms with Gasteiger partial charge < -0.3 is 15.0 Å². The molecular formula is C20H20N6O2. The Balaban J connectivity index is 1.53. The van der Waals surface area contributed by atoms with Gasteiger partial charge in [0.2, 0.25) is 0 Å². The molecule has 3 aromatic rings. The van der Waals surface area contributed by atoms with Crippen molar-refractivity contribution in [2.45, 2.75) is 6.54 Å². The zero-order valence-electron chi connectivity index (χ0n) is 15.3. The van der Waals surface area contributed by atoms with Gasteiger partial charge in [-0.25, -0.2) is 9.97 Å². The van der Waals surface area contributed by atoms with Gasteiger partial charge in [-0.15, -0.1) is 0 Å². The summed E-state index contributed by atoms with van der Waals surface area (Å²) in [5.74, 6) is 0.548. The highest BCUT2D eigenvalue weighted by atomic mass is 16.5. The summed E-state index contributed by atoms with van der Waals surface area (Å²) in [6, 6.07) is 11.8. The zero-order chi connectivity index (χ0) is 18.9. The van der Waals surface area contributed by atoms with Crippen LogP contribution in [0.25, 0.3) is 22.8 Å². The van der Waals surface area contributed by atoms with E-state index in [1.807, 2.05) is 24.3 Å². The van der Waals surface area contributed by atoms with E-state index in [0.717, 1.165) is 37.6 Å². The maximum atomic E-state index is 12.0. The fraction of sp³-hybridized carbons (Fsp3) is 0.300. The summed E-state index contributed by atoms with van der Waals surface area (Å²) in [6.07, 6.45) is 1.74. The SMILES string of the molecule is O=C1NCCn2nc(-c3ccnc(-c4ccccc4N4CCOCC4)n3)cc21. The van der Waals surface area contributed by atoms with Crippen LogP contribution in [0.15, 0.2) is 42.6 Å². The van der Waals surface area contributed by atoms with Crippen LogP contribution in [0, 0.1) is 0 Å². The molecule has 1 N–H and O–H groups in total. The predicted octanol–water partition coefficient (Wildman–Crippen LogP) is 1.59. The van der Waals surface area contributed by atoms with Gasteiger partial charge in [0.15, 0.2) is 5.82 Å². The molecule has 4 heterocycles. The first kappa shape index (κ1) is 16.9.